The number of halogens is 2. The van der Waals surface area contributed by atoms with Crippen LogP contribution in [0.4, 0.5) is 0 Å². The maximum absolute atomic E-state index is 2.99. The van der Waals surface area contributed by atoms with Gasteiger partial charge in [-0.2, -0.15) is 6.08 Å². The molecule has 0 amide bonds. The summed E-state index contributed by atoms with van der Waals surface area (Å²) in [5.74, 6) is 0.460. The van der Waals surface area contributed by atoms with Crippen molar-refractivity contribution in [2.75, 3.05) is 0 Å². The molecule has 40 heavy (non-hydrogen) atoms. The van der Waals surface area contributed by atoms with Crippen molar-refractivity contribution < 1.29 is 48.1 Å². The van der Waals surface area contributed by atoms with Gasteiger partial charge in [0.05, 0.1) is 0 Å². The number of hydrogen-bond acceptors (Lipinski definition) is 0. The first-order valence-electron chi connectivity index (χ1n) is 14.3. The van der Waals surface area contributed by atoms with Gasteiger partial charge in [-0.25, -0.2) is 12.2 Å². The summed E-state index contributed by atoms with van der Waals surface area (Å²) >= 11 is 1.74. The maximum Gasteiger partial charge on any atom is -0.109 e. The predicted octanol–water partition coefficient (Wildman–Crippen LogP) is 3.74. The zero-order chi connectivity index (χ0) is 28.3. The van der Waals surface area contributed by atoms with Gasteiger partial charge in [-0.05, 0) is 28.6 Å². The summed E-state index contributed by atoms with van der Waals surface area (Å²) in [4.78, 5) is 0. The van der Waals surface area contributed by atoms with Crippen LogP contribution in [-0.4, -0.2) is 5.43 Å². The molecule has 6 rings (SSSR count). The molecule has 2 saturated carbocycles. The van der Waals surface area contributed by atoms with Crippen LogP contribution < -0.4 is 24.8 Å². The molecule has 0 radical (unpaired) electrons. The standard InChI is InChI=1S/C29H37.C5H5.C2H6Si.2ClH.Zr/c1-21-14-13-15-22-20-27(6)25(4)18-10-9-16-23(25,2)24(3)17-11-12-19-26(24,5)29(27,8)28(21,22)7;1-2-4-5-3-1;1-3-2;;;/h9-20,22H,1-8H3;1-3H,4H2;1-2H3;2*1H;/q2*-1;;;;+2/p-2. The van der Waals surface area contributed by atoms with Gasteiger partial charge in [-0.1, -0.05) is 115 Å². The maximum atomic E-state index is 2.99. The van der Waals surface area contributed by atoms with Crippen molar-refractivity contribution in [2.45, 2.75) is 74.9 Å². The van der Waals surface area contributed by atoms with E-state index >= 15 is 0 Å². The minimum Gasteiger partial charge on any atom is -1.00 e. The van der Waals surface area contributed by atoms with Gasteiger partial charge in [0, 0.05) is 10.8 Å². The topological polar surface area (TPSA) is 0 Å². The molecule has 0 nitrogen and oxygen atoms in total. The summed E-state index contributed by atoms with van der Waals surface area (Å²) in [5.41, 5.74) is 1.94. The molecule has 6 aliphatic carbocycles. The molecular weight excluding hydrogens is 623 g/mol. The van der Waals surface area contributed by atoms with Crippen LogP contribution in [0.3, 0.4) is 0 Å². The monoisotopic (exact) mass is 668 g/mol. The summed E-state index contributed by atoms with van der Waals surface area (Å²) in [6, 6.07) is 0. The molecule has 0 aliphatic heterocycles. The first-order chi connectivity index (χ1) is 17.6. The van der Waals surface area contributed by atoms with E-state index in [0.717, 1.165) is 6.42 Å². The normalized spacial score (nSPS) is 45.7. The van der Waals surface area contributed by atoms with Gasteiger partial charge in [0.15, 0.2) is 0 Å². The summed E-state index contributed by atoms with van der Waals surface area (Å²) in [6.07, 6.45) is 39.3. The van der Waals surface area contributed by atoms with E-state index in [-0.39, 0.29) is 68.2 Å². The summed E-state index contributed by atoms with van der Waals surface area (Å²) in [6.45, 7) is 24.9. The van der Waals surface area contributed by atoms with E-state index < -0.39 is 0 Å². The predicted molar refractivity (Wildman–Crippen MR) is 163 cm³/mol. The van der Waals surface area contributed by atoms with Gasteiger partial charge in [-0.15, -0.1) is 23.8 Å². The third kappa shape index (κ3) is 4.27. The molecule has 8 atom stereocenters. The molecule has 216 valence electrons. The molecular formula is C36H48Cl2SiZr-2. The minimum absolute atomic E-state index is 0. The Balaban J connectivity index is 0.000000441. The molecule has 0 spiro atoms. The molecule has 2 fully saturated rings. The zero-order valence-corrected chi connectivity index (χ0v) is 31.2. The Morgan fingerprint density at radius 1 is 0.775 bits per heavy atom. The van der Waals surface area contributed by atoms with Crippen molar-refractivity contribution in [3.8, 4) is 0 Å². The molecule has 6 aliphatic rings. The number of rotatable bonds is 0. The number of allylic oxidation sites excluding steroid dienone is 16. The van der Waals surface area contributed by atoms with Crippen LogP contribution in [0.5, 0.6) is 0 Å². The Labute approximate surface area is 273 Å². The molecule has 4 heteroatoms. The van der Waals surface area contributed by atoms with E-state index in [4.69, 9.17) is 0 Å². The first-order valence-corrected chi connectivity index (χ1v) is 20.5. The van der Waals surface area contributed by atoms with Crippen molar-refractivity contribution in [1.82, 2.24) is 0 Å². The van der Waals surface area contributed by atoms with E-state index in [9.17, 15) is 0 Å². The third-order valence-corrected chi connectivity index (χ3v) is 12.6. The zero-order valence-electron chi connectivity index (χ0n) is 26.2. The van der Waals surface area contributed by atoms with Crippen molar-refractivity contribution in [3.05, 3.63) is 103 Å². The van der Waals surface area contributed by atoms with E-state index in [1.54, 1.807) is 23.3 Å². The van der Waals surface area contributed by atoms with Gasteiger partial charge < -0.3 is 31.2 Å². The minimum atomic E-state index is 0. The molecule has 0 bridgehead atoms. The Bertz CT molecular complexity index is 1240. The smallest absolute Gasteiger partial charge is 0.109 e. The Morgan fingerprint density at radius 2 is 1.25 bits per heavy atom. The molecule has 8 unspecified atom stereocenters. The van der Waals surface area contributed by atoms with E-state index in [1.807, 2.05) is 12.2 Å². The SMILES string of the molecule is CC1=CC=CC2[CH-]C3(C)C4(C)C=CC=CC4(C)C4(C)C=CC=CC4(C)C3(C)C12C.C[Si](C)=[Zr+2].[C-]1=CC=CC1.[Cl-].[Cl-]. The molecule has 0 N–H and O–H groups in total. The van der Waals surface area contributed by atoms with Crippen LogP contribution in [0.1, 0.15) is 61.8 Å². The van der Waals surface area contributed by atoms with Crippen molar-refractivity contribution >= 4 is 5.43 Å². The first kappa shape index (κ1) is 35.8. The average Bonchev–Trinajstić information content (AvgIpc) is 3.49. The quantitative estimate of drug-likeness (QED) is 0.272. The molecule has 0 saturated heterocycles. The number of fused-ring (bicyclic) bond motifs is 8. The average molecular weight is 671 g/mol. The Kier molecular flexibility index (Phi) is 10.7. The van der Waals surface area contributed by atoms with Crippen LogP contribution in [0.25, 0.3) is 0 Å². The fourth-order valence-electron chi connectivity index (χ4n) is 9.58. The summed E-state index contributed by atoms with van der Waals surface area (Å²) in [7, 11) is 0. The van der Waals surface area contributed by atoms with Crippen LogP contribution in [0.15, 0.2) is 90.6 Å². The fourth-order valence-corrected chi connectivity index (χ4v) is 9.58. The third-order valence-electron chi connectivity index (χ3n) is 12.6. The largest absolute Gasteiger partial charge is 1.00 e. The Morgan fingerprint density at radius 3 is 1.70 bits per heavy atom. The molecule has 0 heterocycles. The van der Waals surface area contributed by atoms with Gasteiger partial charge >= 0.3 is 41.9 Å². The van der Waals surface area contributed by atoms with Gasteiger partial charge in [0.2, 0.25) is 0 Å². The van der Waals surface area contributed by atoms with Crippen LogP contribution in [-0.2, 0) is 23.3 Å². The van der Waals surface area contributed by atoms with Crippen molar-refractivity contribution in [1.29, 1.82) is 0 Å². The molecule has 0 aromatic heterocycles. The second-order valence-electron chi connectivity index (χ2n) is 13.7. The summed E-state index contributed by atoms with van der Waals surface area (Å²) < 4.78 is 0. The van der Waals surface area contributed by atoms with Crippen LogP contribution in [0.2, 0.25) is 13.1 Å². The van der Waals surface area contributed by atoms with E-state index in [1.165, 1.54) is 5.57 Å². The van der Waals surface area contributed by atoms with Gasteiger partial charge in [0.25, 0.3) is 0 Å². The fraction of sp³-hybridized carbons (Fsp3) is 0.528. The number of hydrogen-bond donors (Lipinski definition) is 0. The summed E-state index contributed by atoms with van der Waals surface area (Å²) in [5, 5.41) is 0. The van der Waals surface area contributed by atoms with Crippen molar-refractivity contribution in [2.24, 2.45) is 43.8 Å². The van der Waals surface area contributed by atoms with Crippen LogP contribution in [0, 0.1) is 56.3 Å². The Hall–Kier alpha value is -0.400. The van der Waals surface area contributed by atoms with Crippen molar-refractivity contribution in [3.63, 3.8) is 0 Å². The van der Waals surface area contributed by atoms with Gasteiger partial charge in [0.1, 0.15) is 0 Å². The van der Waals surface area contributed by atoms with Gasteiger partial charge in [-0.3, -0.25) is 6.08 Å². The van der Waals surface area contributed by atoms with Crippen LogP contribution >= 0.6 is 0 Å². The van der Waals surface area contributed by atoms with E-state index in [2.05, 4.69) is 154 Å². The van der Waals surface area contributed by atoms with E-state index in [0.29, 0.717) is 5.92 Å². The second kappa shape index (κ2) is 11.9. The second-order valence-corrected chi connectivity index (χ2v) is 23.1. The molecule has 0 aromatic rings. The molecule has 0 aromatic carbocycles.